The van der Waals surface area contributed by atoms with Crippen molar-refractivity contribution in [1.82, 2.24) is 15.2 Å². The summed E-state index contributed by atoms with van der Waals surface area (Å²) in [6, 6.07) is 10.2. The maximum absolute atomic E-state index is 9.37. The highest BCUT2D eigenvalue weighted by Gasteiger charge is 2.28. The first-order valence-corrected chi connectivity index (χ1v) is 9.36. The summed E-state index contributed by atoms with van der Waals surface area (Å²) in [6.07, 6.45) is 2.13. The van der Waals surface area contributed by atoms with Gasteiger partial charge in [0.1, 0.15) is 6.07 Å². The summed E-state index contributed by atoms with van der Waals surface area (Å²) in [4.78, 5) is 9.32. The van der Waals surface area contributed by atoms with Gasteiger partial charge in [-0.2, -0.15) is 5.26 Å². The molecule has 0 radical (unpaired) electrons. The van der Waals surface area contributed by atoms with Crippen LogP contribution in [0.25, 0.3) is 10.9 Å². The smallest absolute Gasteiger partial charge is 0.101 e. The Labute approximate surface area is 154 Å². The van der Waals surface area contributed by atoms with Crippen LogP contribution in [0.5, 0.6) is 0 Å². The van der Waals surface area contributed by atoms with Crippen molar-refractivity contribution in [2.75, 3.05) is 50.7 Å². The van der Waals surface area contributed by atoms with Crippen molar-refractivity contribution in [2.24, 2.45) is 0 Å². The third-order valence-corrected chi connectivity index (χ3v) is 5.21. The SMILES string of the molecule is CC1CN(c2ccc(C#N)c3ncccc23)CC(CN2CCNCC2)O1. The number of nitrogens with one attached hydrogen (secondary N) is 1. The molecule has 0 bridgehead atoms. The van der Waals surface area contributed by atoms with Gasteiger partial charge in [0.05, 0.1) is 23.3 Å². The van der Waals surface area contributed by atoms with Crippen LogP contribution in [-0.4, -0.2) is 67.9 Å². The lowest BCUT2D eigenvalue weighted by atomic mass is 10.1. The van der Waals surface area contributed by atoms with Crippen LogP contribution in [0.15, 0.2) is 30.5 Å². The third kappa shape index (κ3) is 3.51. The summed E-state index contributed by atoms with van der Waals surface area (Å²) >= 11 is 0. The molecule has 0 saturated carbocycles. The Morgan fingerprint density at radius 3 is 2.92 bits per heavy atom. The van der Waals surface area contributed by atoms with Gasteiger partial charge in [0.25, 0.3) is 0 Å². The molecule has 2 unspecified atom stereocenters. The molecule has 2 saturated heterocycles. The second-order valence-electron chi connectivity index (χ2n) is 7.17. The minimum atomic E-state index is 0.180. The van der Waals surface area contributed by atoms with Crippen LogP contribution in [-0.2, 0) is 4.74 Å². The maximum Gasteiger partial charge on any atom is 0.101 e. The zero-order valence-electron chi connectivity index (χ0n) is 15.2. The molecular formula is C20H25N5O. The molecular weight excluding hydrogens is 326 g/mol. The molecule has 136 valence electrons. The molecule has 0 spiro atoms. The molecule has 3 heterocycles. The van der Waals surface area contributed by atoms with Crippen LogP contribution in [0, 0.1) is 11.3 Å². The van der Waals surface area contributed by atoms with Gasteiger partial charge in [0, 0.05) is 63.1 Å². The van der Waals surface area contributed by atoms with Crippen molar-refractivity contribution in [3.05, 3.63) is 36.0 Å². The second kappa shape index (κ2) is 7.58. The highest BCUT2D eigenvalue weighted by Crippen LogP contribution is 2.30. The zero-order valence-corrected chi connectivity index (χ0v) is 15.2. The van der Waals surface area contributed by atoms with E-state index >= 15 is 0 Å². The van der Waals surface area contributed by atoms with Gasteiger partial charge in [-0.1, -0.05) is 0 Å². The first-order valence-electron chi connectivity index (χ1n) is 9.36. The lowest BCUT2D eigenvalue weighted by Gasteiger charge is -2.41. The second-order valence-corrected chi connectivity index (χ2v) is 7.17. The van der Waals surface area contributed by atoms with Crippen LogP contribution < -0.4 is 10.2 Å². The van der Waals surface area contributed by atoms with E-state index in [1.54, 1.807) is 6.20 Å². The van der Waals surface area contributed by atoms with Crippen LogP contribution >= 0.6 is 0 Å². The van der Waals surface area contributed by atoms with E-state index in [4.69, 9.17) is 4.74 Å². The molecule has 6 nitrogen and oxygen atoms in total. The third-order valence-electron chi connectivity index (χ3n) is 5.21. The number of hydrogen-bond donors (Lipinski definition) is 1. The summed E-state index contributed by atoms with van der Waals surface area (Å²) in [5.74, 6) is 0. The Balaban J connectivity index is 1.59. The Kier molecular flexibility index (Phi) is 5.02. The molecule has 6 heteroatoms. The van der Waals surface area contributed by atoms with Crippen molar-refractivity contribution in [1.29, 1.82) is 5.26 Å². The number of aromatic nitrogens is 1. The zero-order chi connectivity index (χ0) is 17.9. The van der Waals surface area contributed by atoms with Crippen LogP contribution in [0.2, 0.25) is 0 Å². The van der Waals surface area contributed by atoms with Crippen LogP contribution in [0.1, 0.15) is 12.5 Å². The van der Waals surface area contributed by atoms with E-state index in [1.807, 2.05) is 12.1 Å². The molecule has 2 fully saturated rings. The molecule has 2 aliphatic heterocycles. The van der Waals surface area contributed by atoms with Crippen molar-refractivity contribution < 1.29 is 4.74 Å². The fraction of sp³-hybridized carbons (Fsp3) is 0.500. The number of anilines is 1. The summed E-state index contributed by atoms with van der Waals surface area (Å²) in [7, 11) is 0. The number of fused-ring (bicyclic) bond motifs is 1. The van der Waals surface area contributed by atoms with Gasteiger partial charge in [-0.15, -0.1) is 0 Å². The number of nitriles is 1. The monoisotopic (exact) mass is 351 g/mol. The van der Waals surface area contributed by atoms with Gasteiger partial charge in [0.15, 0.2) is 0 Å². The van der Waals surface area contributed by atoms with Crippen LogP contribution in [0.3, 0.4) is 0 Å². The fourth-order valence-corrected chi connectivity index (χ4v) is 4.05. The molecule has 2 aromatic rings. The number of hydrogen-bond acceptors (Lipinski definition) is 6. The average molecular weight is 351 g/mol. The first-order chi connectivity index (χ1) is 12.7. The minimum Gasteiger partial charge on any atom is -0.370 e. The molecule has 2 atom stereocenters. The Morgan fingerprint density at radius 2 is 2.12 bits per heavy atom. The number of ether oxygens (including phenoxy) is 1. The highest BCUT2D eigenvalue weighted by atomic mass is 16.5. The van der Waals surface area contributed by atoms with Crippen molar-refractivity contribution in [2.45, 2.75) is 19.1 Å². The Hall–Kier alpha value is -2.20. The number of morpholine rings is 1. The summed E-state index contributed by atoms with van der Waals surface area (Å²) in [5, 5.41) is 13.8. The number of nitrogens with zero attached hydrogens (tertiary/aromatic N) is 4. The summed E-state index contributed by atoms with van der Waals surface area (Å²) in [6.45, 7) is 9.10. The maximum atomic E-state index is 9.37. The minimum absolute atomic E-state index is 0.180. The van der Waals surface area contributed by atoms with Gasteiger partial charge < -0.3 is 15.0 Å². The predicted octanol–water partition coefficient (Wildman–Crippen LogP) is 1.61. The van der Waals surface area contributed by atoms with E-state index in [2.05, 4.69) is 45.2 Å². The molecule has 1 aromatic carbocycles. The van der Waals surface area contributed by atoms with E-state index in [0.29, 0.717) is 5.56 Å². The predicted molar refractivity (Wildman–Crippen MR) is 102 cm³/mol. The molecule has 4 rings (SSSR count). The average Bonchev–Trinajstić information content (AvgIpc) is 2.67. The van der Waals surface area contributed by atoms with Crippen molar-refractivity contribution in [3.8, 4) is 6.07 Å². The molecule has 0 amide bonds. The standard InChI is InChI=1S/C20H25N5O/c1-15-12-25(14-17(26-15)13-24-9-7-22-8-10-24)19-5-4-16(11-21)20-18(19)3-2-6-23-20/h2-6,15,17,22H,7-10,12-14H2,1H3. The Bertz CT molecular complexity index is 811. The summed E-state index contributed by atoms with van der Waals surface area (Å²) in [5.41, 5.74) is 2.56. The lowest BCUT2D eigenvalue weighted by molar-refractivity contribution is -0.0334. The number of piperazine rings is 1. The molecule has 2 aliphatic rings. The topological polar surface area (TPSA) is 64.4 Å². The van der Waals surface area contributed by atoms with Crippen molar-refractivity contribution >= 4 is 16.6 Å². The van der Waals surface area contributed by atoms with Gasteiger partial charge >= 0.3 is 0 Å². The van der Waals surface area contributed by atoms with Crippen LogP contribution in [0.4, 0.5) is 5.69 Å². The number of pyridine rings is 1. The summed E-state index contributed by atoms with van der Waals surface area (Å²) < 4.78 is 6.23. The van der Waals surface area contributed by atoms with Gasteiger partial charge in [-0.3, -0.25) is 9.88 Å². The fourth-order valence-electron chi connectivity index (χ4n) is 4.05. The number of benzene rings is 1. The van der Waals surface area contributed by atoms with Gasteiger partial charge in [-0.05, 0) is 31.2 Å². The van der Waals surface area contributed by atoms with E-state index in [-0.39, 0.29) is 12.2 Å². The molecule has 1 N–H and O–H groups in total. The van der Waals surface area contributed by atoms with E-state index in [0.717, 1.165) is 62.4 Å². The van der Waals surface area contributed by atoms with E-state index in [9.17, 15) is 5.26 Å². The number of rotatable bonds is 3. The van der Waals surface area contributed by atoms with Gasteiger partial charge in [0.2, 0.25) is 0 Å². The quantitative estimate of drug-likeness (QED) is 0.906. The van der Waals surface area contributed by atoms with E-state index in [1.165, 1.54) is 0 Å². The van der Waals surface area contributed by atoms with Gasteiger partial charge in [-0.25, -0.2) is 0 Å². The molecule has 26 heavy (non-hydrogen) atoms. The normalized spacial score (nSPS) is 24.5. The van der Waals surface area contributed by atoms with Crippen molar-refractivity contribution in [3.63, 3.8) is 0 Å². The molecule has 0 aliphatic carbocycles. The Morgan fingerprint density at radius 1 is 1.27 bits per heavy atom. The lowest BCUT2D eigenvalue weighted by Crippen LogP contribution is -2.53. The molecule has 1 aromatic heterocycles. The first kappa shape index (κ1) is 17.2. The largest absolute Gasteiger partial charge is 0.370 e. The van der Waals surface area contributed by atoms with E-state index < -0.39 is 0 Å². The highest BCUT2D eigenvalue weighted by molar-refractivity contribution is 5.95.